The molecule has 1 aromatic heterocycles. The van der Waals surface area contributed by atoms with Gasteiger partial charge in [0.1, 0.15) is 0 Å². The van der Waals surface area contributed by atoms with E-state index in [0.717, 1.165) is 5.56 Å². The Balaban J connectivity index is 2.29. The van der Waals surface area contributed by atoms with Crippen molar-refractivity contribution in [2.45, 2.75) is 12.8 Å². The lowest BCUT2D eigenvalue weighted by Gasteiger charge is -2.04. The first-order valence-electron chi connectivity index (χ1n) is 5.18. The molecule has 6 nitrogen and oxygen atoms in total. The summed E-state index contributed by atoms with van der Waals surface area (Å²) in [5.74, 6) is 0.0938. The zero-order chi connectivity index (χ0) is 12.0. The minimum Gasteiger partial charge on any atom is -0.330 e. The van der Waals surface area contributed by atoms with Gasteiger partial charge in [-0.05, 0) is 24.9 Å². The number of nitrogens with one attached hydrogen (secondary N) is 1. The number of rotatable bonds is 7. The first-order chi connectivity index (χ1) is 7.53. The van der Waals surface area contributed by atoms with Crippen molar-refractivity contribution in [2.75, 3.05) is 18.8 Å². The van der Waals surface area contributed by atoms with Gasteiger partial charge >= 0.3 is 0 Å². The Morgan fingerprint density at radius 1 is 1.56 bits per heavy atom. The van der Waals surface area contributed by atoms with Crippen LogP contribution in [-0.2, 0) is 23.5 Å². The number of nitrogens with zero attached hydrogens (tertiary/aromatic N) is 2. The molecule has 0 aliphatic carbocycles. The molecule has 1 aromatic rings. The summed E-state index contributed by atoms with van der Waals surface area (Å²) in [7, 11) is -1.34. The van der Waals surface area contributed by atoms with Gasteiger partial charge in [-0.3, -0.25) is 4.68 Å². The van der Waals surface area contributed by atoms with Crippen molar-refractivity contribution in [3.05, 3.63) is 18.0 Å². The van der Waals surface area contributed by atoms with Crippen molar-refractivity contribution < 1.29 is 8.42 Å². The molecule has 0 atom stereocenters. The van der Waals surface area contributed by atoms with Crippen LogP contribution in [0.1, 0.15) is 12.0 Å². The summed E-state index contributed by atoms with van der Waals surface area (Å²) in [5, 5.41) is 4.00. The molecular formula is C9H18N4O2S. The summed E-state index contributed by atoms with van der Waals surface area (Å²) in [4.78, 5) is 0. The SMILES string of the molecule is Cn1cc(CCNS(=O)(=O)CCCN)cn1. The predicted molar refractivity (Wildman–Crippen MR) is 62.4 cm³/mol. The van der Waals surface area contributed by atoms with E-state index < -0.39 is 10.0 Å². The maximum absolute atomic E-state index is 11.4. The Kier molecular flexibility index (Phi) is 4.91. The lowest BCUT2D eigenvalue weighted by Crippen LogP contribution is -2.29. The minimum atomic E-state index is -3.16. The van der Waals surface area contributed by atoms with Gasteiger partial charge in [-0.25, -0.2) is 13.1 Å². The fourth-order valence-corrected chi connectivity index (χ4v) is 2.40. The second kappa shape index (κ2) is 5.97. The molecule has 0 unspecified atom stereocenters. The fourth-order valence-electron chi connectivity index (χ4n) is 1.30. The molecule has 7 heteroatoms. The van der Waals surface area contributed by atoms with E-state index in [-0.39, 0.29) is 5.75 Å². The third kappa shape index (κ3) is 4.73. The molecule has 16 heavy (non-hydrogen) atoms. The van der Waals surface area contributed by atoms with E-state index >= 15 is 0 Å². The monoisotopic (exact) mass is 246 g/mol. The van der Waals surface area contributed by atoms with Crippen LogP contribution in [0.15, 0.2) is 12.4 Å². The van der Waals surface area contributed by atoms with Crippen molar-refractivity contribution in [2.24, 2.45) is 12.8 Å². The van der Waals surface area contributed by atoms with Gasteiger partial charge in [-0.15, -0.1) is 0 Å². The van der Waals surface area contributed by atoms with Crippen molar-refractivity contribution >= 4 is 10.0 Å². The van der Waals surface area contributed by atoms with Gasteiger partial charge in [-0.2, -0.15) is 5.10 Å². The lowest BCUT2D eigenvalue weighted by molar-refractivity contribution is 0.579. The Morgan fingerprint density at radius 2 is 2.31 bits per heavy atom. The van der Waals surface area contributed by atoms with E-state index in [1.165, 1.54) is 0 Å². The zero-order valence-electron chi connectivity index (χ0n) is 9.39. The number of hydrogen-bond donors (Lipinski definition) is 2. The summed E-state index contributed by atoms with van der Waals surface area (Å²) in [5.41, 5.74) is 6.27. The summed E-state index contributed by atoms with van der Waals surface area (Å²) in [6.45, 7) is 0.794. The third-order valence-corrected chi connectivity index (χ3v) is 3.58. The van der Waals surface area contributed by atoms with Crippen LogP contribution >= 0.6 is 0 Å². The topological polar surface area (TPSA) is 90.0 Å². The van der Waals surface area contributed by atoms with Gasteiger partial charge < -0.3 is 5.73 Å². The molecule has 1 rings (SSSR count). The Hall–Kier alpha value is -0.920. The van der Waals surface area contributed by atoms with Gasteiger partial charge in [0.25, 0.3) is 0 Å². The molecule has 0 aliphatic heterocycles. The zero-order valence-corrected chi connectivity index (χ0v) is 10.2. The highest BCUT2D eigenvalue weighted by Crippen LogP contribution is 1.97. The van der Waals surface area contributed by atoms with Gasteiger partial charge in [0, 0.05) is 19.8 Å². The van der Waals surface area contributed by atoms with Gasteiger partial charge in [0.05, 0.1) is 11.9 Å². The summed E-state index contributed by atoms with van der Waals surface area (Å²) in [6, 6.07) is 0. The average molecular weight is 246 g/mol. The molecule has 92 valence electrons. The van der Waals surface area contributed by atoms with Crippen LogP contribution in [0.3, 0.4) is 0 Å². The van der Waals surface area contributed by atoms with Gasteiger partial charge in [0.2, 0.25) is 10.0 Å². The molecule has 0 fully saturated rings. The van der Waals surface area contributed by atoms with Crippen LogP contribution in [0.2, 0.25) is 0 Å². The van der Waals surface area contributed by atoms with E-state index in [9.17, 15) is 8.42 Å². The van der Waals surface area contributed by atoms with Crippen LogP contribution in [0, 0.1) is 0 Å². The van der Waals surface area contributed by atoms with Crippen molar-refractivity contribution in [1.29, 1.82) is 0 Å². The molecule has 0 aliphatic rings. The van der Waals surface area contributed by atoms with Crippen LogP contribution in [0.5, 0.6) is 0 Å². The first kappa shape index (κ1) is 13.1. The molecule has 3 N–H and O–H groups in total. The smallest absolute Gasteiger partial charge is 0.211 e. The normalized spacial score (nSPS) is 11.9. The molecule has 0 saturated heterocycles. The highest BCUT2D eigenvalue weighted by Gasteiger charge is 2.08. The average Bonchev–Trinajstić information content (AvgIpc) is 2.61. The fraction of sp³-hybridized carbons (Fsp3) is 0.667. The summed E-state index contributed by atoms with van der Waals surface area (Å²) < 4.78 is 27.0. The largest absolute Gasteiger partial charge is 0.330 e. The van der Waals surface area contributed by atoms with E-state index in [2.05, 4.69) is 9.82 Å². The van der Waals surface area contributed by atoms with Crippen molar-refractivity contribution in [1.82, 2.24) is 14.5 Å². The van der Waals surface area contributed by atoms with E-state index in [1.807, 2.05) is 13.2 Å². The van der Waals surface area contributed by atoms with Crippen LogP contribution in [-0.4, -0.2) is 37.0 Å². The second-order valence-electron chi connectivity index (χ2n) is 3.63. The number of sulfonamides is 1. The number of aryl methyl sites for hydroxylation is 1. The van der Waals surface area contributed by atoms with Crippen LogP contribution in [0.25, 0.3) is 0 Å². The number of aromatic nitrogens is 2. The summed E-state index contributed by atoms with van der Waals surface area (Å²) in [6.07, 6.45) is 4.74. The highest BCUT2D eigenvalue weighted by atomic mass is 32.2. The van der Waals surface area contributed by atoms with Crippen LogP contribution in [0.4, 0.5) is 0 Å². The maximum atomic E-state index is 11.4. The molecule has 0 spiro atoms. The third-order valence-electron chi connectivity index (χ3n) is 2.11. The van der Waals surface area contributed by atoms with Gasteiger partial charge in [0.15, 0.2) is 0 Å². The molecule has 0 radical (unpaired) electrons. The lowest BCUT2D eigenvalue weighted by atomic mass is 10.3. The van der Waals surface area contributed by atoms with E-state index in [1.54, 1.807) is 10.9 Å². The molecule has 0 bridgehead atoms. The van der Waals surface area contributed by atoms with Crippen molar-refractivity contribution in [3.63, 3.8) is 0 Å². The quantitative estimate of drug-likeness (QED) is 0.661. The van der Waals surface area contributed by atoms with E-state index in [0.29, 0.717) is 25.9 Å². The molecule has 0 amide bonds. The first-order valence-corrected chi connectivity index (χ1v) is 6.83. The maximum Gasteiger partial charge on any atom is 0.211 e. The summed E-state index contributed by atoms with van der Waals surface area (Å²) >= 11 is 0. The molecule has 0 aromatic carbocycles. The minimum absolute atomic E-state index is 0.0938. The standard InChI is InChI=1S/C9H18N4O2S/c1-13-8-9(7-11-13)3-5-12-16(14,15)6-2-4-10/h7-8,12H,2-6,10H2,1H3. The van der Waals surface area contributed by atoms with Crippen LogP contribution < -0.4 is 10.5 Å². The number of hydrogen-bond acceptors (Lipinski definition) is 4. The predicted octanol–water partition coefficient (Wildman–Crippen LogP) is -0.769. The Morgan fingerprint density at radius 3 is 2.88 bits per heavy atom. The second-order valence-corrected chi connectivity index (χ2v) is 5.55. The van der Waals surface area contributed by atoms with Gasteiger partial charge in [-0.1, -0.05) is 0 Å². The highest BCUT2D eigenvalue weighted by molar-refractivity contribution is 7.89. The number of nitrogens with two attached hydrogens (primary N) is 1. The van der Waals surface area contributed by atoms with E-state index in [4.69, 9.17) is 5.73 Å². The molecule has 1 heterocycles. The Labute approximate surface area is 95.9 Å². The van der Waals surface area contributed by atoms with Crippen molar-refractivity contribution in [3.8, 4) is 0 Å². The Bertz CT molecular complexity index is 413. The molecular weight excluding hydrogens is 228 g/mol. The molecule has 0 saturated carbocycles.